The Balaban J connectivity index is 1.31. The Morgan fingerprint density at radius 1 is 1.11 bits per heavy atom. The summed E-state index contributed by atoms with van der Waals surface area (Å²) in [5.74, 6) is 1.18. The molecule has 28 heavy (non-hydrogen) atoms. The third-order valence-electron chi connectivity index (χ3n) is 4.65. The van der Waals surface area contributed by atoms with E-state index in [1.807, 2.05) is 36.4 Å². The predicted molar refractivity (Wildman–Crippen MR) is 108 cm³/mol. The predicted octanol–water partition coefficient (Wildman–Crippen LogP) is 3.20. The molecule has 1 aliphatic heterocycles. The van der Waals surface area contributed by atoms with E-state index in [1.54, 1.807) is 12.5 Å². The van der Waals surface area contributed by atoms with Crippen LogP contribution in [0.2, 0.25) is 0 Å². The van der Waals surface area contributed by atoms with Gasteiger partial charge in [-0.3, -0.25) is 4.79 Å². The van der Waals surface area contributed by atoms with Crippen molar-refractivity contribution in [2.45, 2.75) is 13.0 Å². The fourth-order valence-corrected chi connectivity index (χ4v) is 3.29. The molecule has 138 valence electrons. The molecule has 0 unspecified atom stereocenters. The van der Waals surface area contributed by atoms with Crippen molar-refractivity contribution < 1.29 is 4.79 Å². The fourth-order valence-electron chi connectivity index (χ4n) is 3.29. The normalized spacial score (nSPS) is 12.6. The van der Waals surface area contributed by atoms with E-state index in [4.69, 9.17) is 0 Å². The minimum absolute atomic E-state index is 0.00479. The molecular formula is C20H17N7O. The molecule has 0 fully saturated rings. The number of carbonyl (C=O) groups is 1. The summed E-state index contributed by atoms with van der Waals surface area (Å²) in [7, 11) is 0. The minimum Gasteiger partial charge on any atom is -0.366 e. The SMILES string of the molecule is O=C1Cc2c(cccc2Nc2nccc(NCc3ccc4nc[nH]c4c3)n2)N1. The van der Waals surface area contributed by atoms with Crippen molar-refractivity contribution in [1.29, 1.82) is 0 Å². The molecule has 0 aliphatic carbocycles. The number of hydrogen-bond donors (Lipinski definition) is 4. The lowest BCUT2D eigenvalue weighted by Crippen LogP contribution is -2.05. The smallest absolute Gasteiger partial charge is 0.229 e. The van der Waals surface area contributed by atoms with Gasteiger partial charge in [0.25, 0.3) is 0 Å². The van der Waals surface area contributed by atoms with E-state index in [-0.39, 0.29) is 5.91 Å². The Bertz CT molecular complexity index is 1180. The van der Waals surface area contributed by atoms with Crippen LogP contribution < -0.4 is 16.0 Å². The van der Waals surface area contributed by atoms with Crippen LogP contribution in [0.25, 0.3) is 11.0 Å². The molecule has 0 bridgehead atoms. The van der Waals surface area contributed by atoms with E-state index in [0.717, 1.165) is 33.5 Å². The number of imidazole rings is 1. The van der Waals surface area contributed by atoms with E-state index in [1.165, 1.54) is 0 Å². The van der Waals surface area contributed by atoms with Crippen LogP contribution in [0.15, 0.2) is 55.0 Å². The summed E-state index contributed by atoms with van der Waals surface area (Å²) >= 11 is 0. The number of fused-ring (bicyclic) bond motifs is 2. The Kier molecular flexibility index (Phi) is 3.86. The third kappa shape index (κ3) is 3.11. The summed E-state index contributed by atoms with van der Waals surface area (Å²) < 4.78 is 0. The van der Waals surface area contributed by atoms with Gasteiger partial charge < -0.3 is 20.9 Å². The highest BCUT2D eigenvalue weighted by Gasteiger charge is 2.20. The number of hydrogen-bond acceptors (Lipinski definition) is 6. The topological polar surface area (TPSA) is 108 Å². The summed E-state index contributed by atoms with van der Waals surface area (Å²) in [6.45, 7) is 0.630. The number of rotatable bonds is 5. The highest BCUT2D eigenvalue weighted by atomic mass is 16.1. The highest BCUT2D eigenvalue weighted by molar-refractivity contribution is 6.01. The zero-order chi connectivity index (χ0) is 18.9. The number of nitrogens with one attached hydrogen (secondary N) is 4. The number of amides is 1. The van der Waals surface area contributed by atoms with Crippen molar-refractivity contribution in [3.8, 4) is 0 Å². The van der Waals surface area contributed by atoms with Crippen molar-refractivity contribution in [3.05, 3.63) is 66.1 Å². The van der Waals surface area contributed by atoms with Gasteiger partial charge in [0, 0.05) is 29.7 Å². The van der Waals surface area contributed by atoms with Gasteiger partial charge in [-0.1, -0.05) is 12.1 Å². The van der Waals surface area contributed by atoms with Crippen LogP contribution >= 0.6 is 0 Å². The Labute approximate surface area is 160 Å². The van der Waals surface area contributed by atoms with Crippen molar-refractivity contribution in [3.63, 3.8) is 0 Å². The summed E-state index contributed by atoms with van der Waals surface area (Å²) in [6, 6.07) is 13.6. The molecule has 4 N–H and O–H groups in total. The molecule has 0 saturated heterocycles. The van der Waals surface area contributed by atoms with Crippen molar-refractivity contribution in [1.82, 2.24) is 19.9 Å². The lowest BCUT2D eigenvalue weighted by atomic mass is 10.1. The van der Waals surface area contributed by atoms with E-state index >= 15 is 0 Å². The van der Waals surface area contributed by atoms with Gasteiger partial charge in [-0.05, 0) is 35.9 Å². The zero-order valence-corrected chi connectivity index (χ0v) is 14.9. The number of aromatic amines is 1. The van der Waals surface area contributed by atoms with Gasteiger partial charge in [0.2, 0.25) is 11.9 Å². The van der Waals surface area contributed by atoms with Crippen LogP contribution in [-0.4, -0.2) is 25.8 Å². The van der Waals surface area contributed by atoms with Gasteiger partial charge in [0.1, 0.15) is 5.82 Å². The van der Waals surface area contributed by atoms with Crippen LogP contribution in [0.1, 0.15) is 11.1 Å². The number of nitrogens with zero attached hydrogens (tertiary/aromatic N) is 3. The average Bonchev–Trinajstić information content (AvgIpc) is 3.32. The first kappa shape index (κ1) is 16.2. The molecule has 8 nitrogen and oxygen atoms in total. The van der Waals surface area contributed by atoms with Crippen molar-refractivity contribution >= 4 is 40.1 Å². The molecule has 3 heterocycles. The number of benzene rings is 2. The molecule has 2 aromatic carbocycles. The van der Waals surface area contributed by atoms with E-state index in [9.17, 15) is 4.79 Å². The van der Waals surface area contributed by atoms with Crippen LogP contribution in [0.3, 0.4) is 0 Å². The molecule has 0 atom stereocenters. The molecule has 0 spiro atoms. The number of H-pyrrole nitrogens is 1. The second-order valence-corrected chi connectivity index (χ2v) is 6.55. The van der Waals surface area contributed by atoms with Gasteiger partial charge in [0.15, 0.2) is 0 Å². The summed E-state index contributed by atoms with van der Waals surface area (Å²) in [6.07, 6.45) is 3.74. The molecule has 5 rings (SSSR count). The summed E-state index contributed by atoms with van der Waals surface area (Å²) in [5.41, 5.74) is 5.67. The second-order valence-electron chi connectivity index (χ2n) is 6.55. The van der Waals surface area contributed by atoms with Crippen LogP contribution in [0.5, 0.6) is 0 Å². The van der Waals surface area contributed by atoms with Gasteiger partial charge in [0.05, 0.1) is 23.8 Å². The van der Waals surface area contributed by atoms with Crippen molar-refractivity contribution in [2.75, 3.05) is 16.0 Å². The monoisotopic (exact) mass is 371 g/mol. The van der Waals surface area contributed by atoms with Crippen LogP contribution in [-0.2, 0) is 17.8 Å². The minimum atomic E-state index is -0.00479. The standard InChI is InChI=1S/C20H17N7O/c28-19-9-13-14(25-19)2-1-3-15(13)26-20-21-7-6-18(27-20)22-10-12-4-5-16-17(8-12)24-11-23-16/h1-8,11H,9-10H2,(H,23,24)(H,25,28)(H2,21,22,26,27). The first-order valence-corrected chi connectivity index (χ1v) is 8.92. The van der Waals surface area contributed by atoms with Crippen molar-refractivity contribution in [2.24, 2.45) is 0 Å². The first-order valence-electron chi connectivity index (χ1n) is 8.92. The maximum atomic E-state index is 11.7. The third-order valence-corrected chi connectivity index (χ3v) is 4.65. The molecule has 1 aliphatic rings. The molecule has 0 radical (unpaired) electrons. The highest BCUT2D eigenvalue weighted by Crippen LogP contribution is 2.31. The van der Waals surface area contributed by atoms with E-state index < -0.39 is 0 Å². The fraction of sp³-hybridized carbons (Fsp3) is 0.100. The van der Waals surface area contributed by atoms with E-state index in [0.29, 0.717) is 24.7 Å². The number of carbonyl (C=O) groups excluding carboxylic acids is 1. The molecule has 2 aromatic heterocycles. The summed E-state index contributed by atoms with van der Waals surface area (Å²) in [5, 5.41) is 9.37. The average molecular weight is 371 g/mol. The number of aromatic nitrogens is 4. The van der Waals surface area contributed by atoms with E-state index in [2.05, 4.69) is 42.0 Å². The zero-order valence-electron chi connectivity index (χ0n) is 14.9. The Hall–Kier alpha value is -3.94. The molecular weight excluding hydrogens is 354 g/mol. The second kappa shape index (κ2) is 6.66. The molecule has 1 amide bonds. The Morgan fingerprint density at radius 2 is 2.07 bits per heavy atom. The Morgan fingerprint density at radius 3 is 3.04 bits per heavy atom. The largest absolute Gasteiger partial charge is 0.366 e. The van der Waals surface area contributed by atoms with Crippen LogP contribution in [0, 0.1) is 0 Å². The number of anilines is 4. The van der Waals surface area contributed by atoms with Gasteiger partial charge in [-0.25, -0.2) is 9.97 Å². The van der Waals surface area contributed by atoms with Crippen LogP contribution in [0.4, 0.5) is 23.1 Å². The molecule has 0 saturated carbocycles. The van der Waals surface area contributed by atoms with Gasteiger partial charge in [-0.2, -0.15) is 4.98 Å². The first-order chi connectivity index (χ1) is 13.7. The van der Waals surface area contributed by atoms with Gasteiger partial charge in [-0.15, -0.1) is 0 Å². The molecule has 4 aromatic rings. The summed E-state index contributed by atoms with van der Waals surface area (Å²) in [4.78, 5) is 27.8. The maximum Gasteiger partial charge on any atom is 0.229 e. The lowest BCUT2D eigenvalue weighted by molar-refractivity contribution is -0.115. The lowest BCUT2D eigenvalue weighted by Gasteiger charge is -2.11. The maximum absolute atomic E-state index is 11.7. The quantitative estimate of drug-likeness (QED) is 0.429. The van der Waals surface area contributed by atoms with Gasteiger partial charge >= 0.3 is 0 Å². The molecule has 8 heteroatoms.